The Labute approximate surface area is 121 Å². The zero-order valence-electron chi connectivity index (χ0n) is 12.3. The molecule has 1 fully saturated rings. The van der Waals surface area contributed by atoms with Crippen molar-refractivity contribution in [1.82, 2.24) is 0 Å². The summed E-state index contributed by atoms with van der Waals surface area (Å²) >= 11 is 0. The Bertz CT molecular complexity index is 477. The summed E-state index contributed by atoms with van der Waals surface area (Å²) < 4.78 is 5.54. The van der Waals surface area contributed by atoms with Crippen molar-refractivity contribution < 1.29 is 9.84 Å². The largest absolute Gasteiger partial charge is 0.494 e. The lowest BCUT2D eigenvalue weighted by Crippen LogP contribution is -2.24. The van der Waals surface area contributed by atoms with Crippen molar-refractivity contribution in [3.8, 4) is 11.8 Å². The van der Waals surface area contributed by atoms with Crippen LogP contribution in [0.15, 0.2) is 24.3 Å². The molecule has 20 heavy (non-hydrogen) atoms. The predicted molar refractivity (Wildman–Crippen MR) is 78.2 cm³/mol. The number of benzene rings is 1. The van der Waals surface area contributed by atoms with Crippen LogP contribution < -0.4 is 4.74 Å². The van der Waals surface area contributed by atoms with Crippen molar-refractivity contribution in [3.63, 3.8) is 0 Å². The van der Waals surface area contributed by atoms with Crippen LogP contribution in [0.3, 0.4) is 0 Å². The van der Waals surface area contributed by atoms with Gasteiger partial charge in [-0.2, -0.15) is 5.26 Å². The standard InChI is InChI=1S/C17H23NO2/c1-3-10-20-15-6-4-14(5-7-15)16(19)17(12-18)9-8-13(2)11-17/h4-7,13,16,19H,3,8-11H2,1-2H3. The molecule has 3 atom stereocenters. The summed E-state index contributed by atoms with van der Waals surface area (Å²) in [4.78, 5) is 0. The van der Waals surface area contributed by atoms with E-state index in [9.17, 15) is 10.4 Å². The number of nitrogens with zero attached hydrogens (tertiary/aromatic N) is 1. The van der Waals surface area contributed by atoms with Crippen molar-refractivity contribution >= 4 is 0 Å². The van der Waals surface area contributed by atoms with E-state index < -0.39 is 11.5 Å². The number of aliphatic hydroxyl groups excluding tert-OH is 1. The average Bonchev–Trinajstić information content (AvgIpc) is 2.87. The number of aliphatic hydroxyl groups is 1. The number of rotatable bonds is 5. The van der Waals surface area contributed by atoms with Crippen molar-refractivity contribution in [2.24, 2.45) is 11.3 Å². The van der Waals surface area contributed by atoms with Gasteiger partial charge in [0, 0.05) is 0 Å². The minimum Gasteiger partial charge on any atom is -0.494 e. The molecule has 1 aliphatic carbocycles. The lowest BCUT2D eigenvalue weighted by Gasteiger charge is -2.27. The fourth-order valence-electron chi connectivity index (χ4n) is 3.03. The third-order valence-corrected chi connectivity index (χ3v) is 4.21. The SMILES string of the molecule is CCCOc1ccc(C(O)C2(C#N)CCC(C)C2)cc1. The highest BCUT2D eigenvalue weighted by Crippen LogP contribution is 2.49. The Morgan fingerprint density at radius 1 is 1.45 bits per heavy atom. The number of ether oxygens (including phenoxy) is 1. The van der Waals surface area contributed by atoms with E-state index >= 15 is 0 Å². The molecule has 0 aromatic heterocycles. The fourth-order valence-corrected chi connectivity index (χ4v) is 3.03. The van der Waals surface area contributed by atoms with Gasteiger partial charge in [-0.3, -0.25) is 0 Å². The maximum absolute atomic E-state index is 10.6. The molecule has 2 rings (SSSR count). The maximum Gasteiger partial charge on any atom is 0.119 e. The third-order valence-electron chi connectivity index (χ3n) is 4.21. The van der Waals surface area contributed by atoms with Crippen LogP contribution in [0.1, 0.15) is 51.2 Å². The molecule has 1 aromatic carbocycles. The van der Waals surface area contributed by atoms with Crippen LogP contribution in [0.4, 0.5) is 0 Å². The molecular formula is C17H23NO2. The molecule has 0 bridgehead atoms. The topological polar surface area (TPSA) is 53.2 Å². The summed E-state index contributed by atoms with van der Waals surface area (Å²) in [6.07, 6.45) is 2.83. The second kappa shape index (κ2) is 6.28. The van der Waals surface area contributed by atoms with Gasteiger partial charge >= 0.3 is 0 Å². The molecule has 1 N–H and O–H groups in total. The number of nitriles is 1. The van der Waals surface area contributed by atoms with Gasteiger partial charge in [0.1, 0.15) is 5.75 Å². The van der Waals surface area contributed by atoms with Crippen LogP contribution in [-0.2, 0) is 0 Å². The zero-order chi connectivity index (χ0) is 14.6. The molecule has 108 valence electrons. The van der Waals surface area contributed by atoms with Gasteiger partial charge in [0.05, 0.1) is 24.2 Å². The van der Waals surface area contributed by atoms with Gasteiger partial charge in [0.15, 0.2) is 0 Å². The molecule has 1 aromatic rings. The first-order chi connectivity index (χ1) is 9.61. The minimum absolute atomic E-state index is 0.511. The molecule has 3 unspecified atom stereocenters. The van der Waals surface area contributed by atoms with Crippen LogP contribution >= 0.6 is 0 Å². The van der Waals surface area contributed by atoms with E-state index in [0.29, 0.717) is 12.5 Å². The van der Waals surface area contributed by atoms with Gasteiger partial charge in [0.2, 0.25) is 0 Å². The summed E-state index contributed by atoms with van der Waals surface area (Å²) in [6, 6.07) is 9.86. The monoisotopic (exact) mass is 273 g/mol. The molecule has 0 radical (unpaired) electrons. The quantitative estimate of drug-likeness (QED) is 0.886. The van der Waals surface area contributed by atoms with Gasteiger partial charge in [-0.25, -0.2) is 0 Å². The van der Waals surface area contributed by atoms with Crippen LogP contribution in [0.5, 0.6) is 5.75 Å². The Morgan fingerprint density at radius 2 is 2.15 bits per heavy atom. The molecule has 3 heteroatoms. The van der Waals surface area contributed by atoms with Crippen LogP contribution in [-0.4, -0.2) is 11.7 Å². The van der Waals surface area contributed by atoms with Crippen molar-refractivity contribution in [2.75, 3.05) is 6.61 Å². The van der Waals surface area contributed by atoms with Crippen molar-refractivity contribution in [1.29, 1.82) is 5.26 Å². The molecule has 1 saturated carbocycles. The second-order valence-electron chi connectivity index (χ2n) is 5.94. The van der Waals surface area contributed by atoms with Crippen LogP contribution in [0.25, 0.3) is 0 Å². The lowest BCUT2D eigenvalue weighted by molar-refractivity contribution is 0.0646. The molecule has 0 spiro atoms. The van der Waals surface area contributed by atoms with E-state index in [1.807, 2.05) is 24.3 Å². The third kappa shape index (κ3) is 2.96. The number of hydrogen-bond acceptors (Lipinski definition) is 3. The minimum atomic E-state index is -0.710. The summed E-state index contributed by atoms with van der Waals surface area (Å²) in [6.45, 7) is 4.91. The van der Waals surface area contributed by atoms with E-state index in [1.54, 1.807) is 0 Å². The first kappa shape index (κ1) is 14.9. The van der Waals surface area contributed by atoms with Gasteiger partial charge in [-0.05, 0) is 49.3 Å². The van der Waals surface area contributed by atoms with E-state index in [-0.39, 0.29) is 0 Å². The first-order valence-corrected chi connectivity index (χ1v) is 7.43. The molecule has 3 nitrogen and oxygen atoms in total. The summed E-state index contributed by atoms with van der Waals surface area (Å²) in [5.74, 6) is 1.32. The van der Waals surface area contributed by atoms with E-state index in [2.05, 4.69) is 19.9 Å². The smallest absolute Gasteiger partial charge is 0.119 e. The normalized spacial score (nSPS) is 27.0. The summed E-state index contributed by atoms with van der Waals surface area (Å²) in [5, 5.41) is 20.1. The molecule has 0 amide bonds. The fraction of sp³-hybridized carbons (Fsp3) is 0.588. The van der Waals surface area contributed by atoms with Gasteiger partial charge in [-0.15, -0.1) is 0 Å². The highest BCUT2D eigenvalue weighted by molar-refractivity contribution is 5.31. The van der Waals surface area contributed by atoms with Gasteiger partial charge in [0.25, 0.3) is 0 Å². The van der Waals surface area contributed by atoms with E-state index in [4.69, 9.17) is 4.74 Å². The summed E-state index contributed by atoms with van der Waals surface area (Å²) in [7, 11) is 0. The Balaban J connectivity index is 2.12. The lowest BCUT2D eigenvalue weighted by atomic mass is 9.78. The predicted octanol–water partition coefficient (Wildman–Crippen LogP) is 3.84. The first-order valence-electron chi connectivity index (χ1n) is 7.43. The highest BCUT2D eigenvalue weighted by Gasteiger charge is 2.44. The highest BCUT2D eigenvalue weighted by atomic mass is 16.5. The second-order valence-corrected chi connectivity index (χ2v) is 5.94. The van der Waals surface area contributed by atoms with Crippen molar-refractivity contribution in [3.05, 3.63) is 29.8 Å². The Morgan fingerprint density at radius 3 is 2.65 bits per heavy atom. The van der Waals surface area contributed by atoms with Crippen molar-refractivity contribution in [2.45, 2.75) is 45.6 Å². The molecule has 1 aliphatic rings. The number of hydrogen-bond donors (Lipinski definition) is 1. The molecule has 0 heterocycles. The van der Waals surface area contributed by atoms with E-state index in [1.165, 1.54) is 0 Å². The van der Waals surface area contributed by atoms with E-state index in [0.717, 1.165) is 37.0 Å². The van der Waals surface area contributed by atoms with Crippen LogP contribution in [0.2, 0.25) is 0 Å². The average molecular weight is 273 g/mol. The summed E-state index contributed by atoms with van der Waals surface area (Å²) in [5.41, 5.74) is 0.190. The van der Waals surface area contributed by atoms with Gasteiger partial charge < -0.3 is 9.84 Å². The molecule has 0 aliphatic heterocycles. The Hall–Kier alpha value is -1.53. The van der Waals surface area contributed by atoms with Crippen LogP contribution in [0, 0.1) is 22.7 Å². The molecule has 0 saturated heterocycles. The Kier molecular flexibility index (Phi) is 4.67. The molecular weight excluding hydrogens is 250 g/mol. The maximum atomic E-state index is 10.6. The zero-order valence-corrected chi connectivity index (χ0v) is 12.3. The van der Waals surface area contributed by atoms with Gasteiger partial charge in [-0.1, -0.05) is 26.0 Å².